The second kappa shape index (κ2) is 9.96. The lowest BCUT2D eigenvalue weighted by atomic mass is 10.0. The van der Waals surface area contributed by atoms with Gasteiger partial charge in [0.1, 0.15) is 0 Å². The Bertz CT molecular complexity index is 3090. The largest absolute Gasteiger partial charge is 0.309 e. The van der Waals surface area contributed by atoms with Crippen molar-refractivity contribution in [3.05, 3.63) is 176 Å². The van der Waals surface area contributed by atoms with Crippen molar-refractivity contribution in [1.29, 1.82) is 0 Å². The molecule has 8 aromatic carbocycles. The summed E-state index contributed by atoms with van der Waals surface area (Å²) >= 11 is 0. The number of para-hydroxylation sites is 4. The normalized spacial score (nSPS) is 12.1. The molecule has 3 nitrogen and oxygen atoms in total. The molecule has 0 aliphatic heterocycles. The van der Waals surface area contributed by atoms with Crippen LogP contribution >= 0.6 is 0 Å². The Balaban J connectivity index is 1.32. The van der Waals surface area contributed by atoms with Crippen LogP contribution in [0.2, 0.25) is 0 Å². The molecular weight excluding hydrogens is 595 g/mol. The zero-order valence-corrected chi connectivity index (χ0v) is 26.6. The summed E-state index contributed by atoms with van der Waals surface area (Å²) in [6.45, 7) is 0. The molecule has 0 saturated carbocycles. The summed E-state index contributed by atoms with van der Waals surface area (Å²) in [4.78, 5) is 0. The van der Waals surface area contributed by atoms with E-state index in [0.717, 1.165) is 11.4 Å². The van der Waals surface area contributed by atoms with Gasteiger partial charge in [0.05, 0.1) is 33.1 Å². The molecule has 49 heavy (non-hydrogen) atoms. The number of aromatic nitrogens is 3. The number of hydrogen-bond acceptors (Lipinski definition) is 0. The molecule has 0 fully saturated rings. The molecule has 3 heteroatoms. The summed E-state index contributed by atoms with van der Waals surface area (Å²) in [5.41, 5.74) is 10.7. The van der Waals surface area contributed by atoms with Gasteiger partial charge in [-0.25, -0.2) is 0 Å². The van der Waals surface area contributed by atoms with Crippen molar-refractivity contribution in [3.63, 3.8) is 0 Å². The summed E-state index contributed by atoms with van der Waals surface area (Å²) < 4.78 is 7.37. The predicted octanol–water partition coefficient (Wildman–Crippen LogP) is 12.1. The minimum Gasteiger partial charge on any atom is -0.309 e. The maximum Gasteiger partial charge on any atom is 0.0788 e. The van der Waals surface area contributed by atoms with E-state index >= 15 is 0 Å². The van der Waals surface area contributed by atoms with Crippen LogP contribution in [-0.4, -0.2) is 13.7 Å². The van der Waals surface area contributed by atoms with E-state index in [0.29, 0.717) is 0 Å². The molecule has 0 N–H and O–H groups in total. The third-order valence-corrected chi connectivity index (χ3v) is 10.4. The molecule has 11 rings (SSSR count). The first-order chi connectivity index (χ1) is 24.3. The molecule has 0 saturated heterocycles. The number of hydrogen-bond donors (Lipinski definition) is 0. The van der Waals surface area contributed by atoms with Gasteiger partial charge in [0.15, 0.2) is 0 Å². The van der Waals surface area contributed by atoms with E-state index in [4.69, 9.17) is 0 Å². The molecule has 0 unspecified atom stereocenters. The minimum absolute atomic E-state index is 1.15. The van der Waals surface area contributed by atoms with Gasteiger partial charge in [0.2, 0.25) is 0 Å². The van der Waals surface area contributed by atoms with Gasteiger partial charge in [-0.3, -0.25) is 0 Å². The SMILES string of the molecule is c1ccc(-n2c3ccccc3c3cc(-n4c5ccccc5c5ccc6c7cc8ccccc8cc7n(-c7ccccc7)c6c54)ccc32)cc1. The van der Waals surface area contributed by atoms with Crippen LogP contribution in [0.3, 0.4) is 0 Å². The van der Waals surface area contributed by atoms with Crippen molar-refractivity contribution >= 4 is 76.2 Å². The zero-order chi connectivity index (χ0) is 32.1. The third-order valence-electron chi connectivity index (χ3n) is 10.4. The van der Waals surface area contributed by atoms with Gasteiger partial charge < -0.3 is 13.7 Å². The van der Waals surface area contributed by atoms with Crippen LogP contribution in [0.15, 0.2) is 176 Å². The summed E-state index contributed by atoms with van der Waals surface area (Å²) in [5, 5.41) is 10.0. The molecular formula is C46H29N3. The lowest BCUT2D eigenvalue weighted by molar-refractivity contribution is 1.15. The average molecular weight is 624 g/mol. The van der Waals surface area contributed by atoms with Crippen molar-refractivity contribution in [3.8, 4) is 17.1 Å². The van der Waals surface area contributed by atoms with Gasteiger partial charge in [0, 0.05) is 49.4 Å². The van der Waals surface area contributed by atoms with Crippen molar-refractivity contribution < 1.29 is 0 Å². The fourth-order valence-corrected chi connectivity index (χ4v) is 8.30. The van der Waals surface area contributed by atoms with Crippen molar-refractivity contribution in [2.75, 3.05) is 0 Å². The summed E-state index contributed by atoms with van der Waals surface area (Å²) in [6.07, 6.45) is 0. The Morgan fingerprint density at radius 1 is 0.245 bits per heavy atom. The van der Waals surface area contributed by atoms with Crippen LogP contribution in [-0.2, 0) is 0 Å². The second-order valence-electron chi connectivity index (χ2n) is 13.0. The molecule has 228 valence electrons. The monoisotopic (exact) mass is 623 g/mol. The van der Waals surface area contributed by atoms with Crippen LogP contribution < -0.4 is 0 Å². The van der Waals surface area contributed by atoms with E-state index < -0.39 is 0 Å². The molecule has 0 spiro atoms. The molecule has 0 atom stereocenters. The van der Waals surface area contributed by atoms with Crippen molar-refractivity contribution in [2.45, 2.75) is 0 Å². The van der Waals surface area contributed by atoms with Gasteiger partial charge in [0.25, 0.3) is 0 Å². The quantitative estimate of drug-likeness (QED) is 0.186. The average Bonchev–Trinajstić information content (AvgIpc) is 3.80. The Kier molecular flexibility index (Phi) is 5.38. The number of fused-ring (bicyclic) bond motifs is 11. The lowest BCUT2D eigenvalue weighted by Crippen LogP contribution is -1.99. The van der Waals surface area contributed by atoms with Gasteiger partial charge in [-0.05, 0) is 77.5 Å². The lowest BCUT2D eigenvalue weighted by Gasteiger charge is -2.13. The zero-order valence-electron chi connectivity index (χ0n) is 26.6. The summed E-state index contributed by atoms with van der Waals surface area (Å²) in [6, 6.07) is 64.2. The fourth-order valence-electron chi connectivity index (χ4n) is 8.30. The van der Waals surface area contributed by atoms with E-state index in [9.17, 15) is 0 Å². The number of rotatable bonds is 3. The first kappa shape index (κ1) is 26.5. The molecule has 0 amide bonds. The highest BCUT2D eigenvalue weighted by molar-refractivity contribution is 6.25. The van der Waals surface area contributed by atoms with Crippen LogP contribution in [0.1, 0.15) is 0 Å². The Morgan fingerprint density at radius 2 is 0.714 bits per heavy atom. The molecule has 3 heterocycles. The standard InChI is InChI=1S/C46H29N3/c1-3-15-32(16-4-1)47-41-21-11-10-20-36(41)40-29-34(23-26-43(40)47)49-42-22-12-9-19-35(42)37-24-25-38-39-27-30-13-7-8-14-31(30)28-44(39)48(46(38)45(37)49)33-17-5-2-6-18-33/h1-29H. The fraction of sp³-hybridized carbons (Fsp3) is 0. The van der Waals surface area contributed by atoms with Crippen molar-refractivity contribution in [1.82, 2.24) is 13.7 Å². The molecule has 0 bridgehead atoms. The Morgan fingerprint density at radius 3 is 1.41 bits per heavy atom. The number of benzene rings is 8. The van der Waals surface area contributed by atoms with Crippen LogP contribution in [0, 0.1) is 0 Å². The van der Waals surface area contributed by atoms with E-state index in [2.05, 4.69) is 190 Å². The van der Waals surface area contributed by atoms with E-state index in [1.54, 1.807) is 0 Å². The second-order valence-corrected chi connectivity index (χ2v) is 13.0. The predicted molar refractivity (Wildman–Crippen MR) is 207 cm³/mol. The van der Waals surface area contributed by atoms with Gasteiger partial charge in [-0.1, -0.05) is 109 Å². The Labute approximate surface area is 282 Å². The van der Waals surface area contributed by atoms with Crippen LogP contribution in [0.5, 0.6) is 0 Å². The highest BCUT2D eigenvalue weighted by atomic mass is 15.0. The molecule has 0 aliphatic rings. The molecule has 11 aromatic rings. The maximum atomic E-state index is 2.50. The smallest absolute Gasteiger partial charge is 0.0788 e. The van der Waals surface area contributed by atoms with E-state index in [-0.39, 0.29) is 0 Å². The highest BCUT2D eigenvalue weighted by Gasteiger charge is 2.22. The molecule has 0 aliphatic carbocycles. The summed E-state index contributed by atoms with van der Waals surface area (Å²) in [7, 11) is 0. The first-order valence-electron chi connectivity index (χ1n) is 16.9. The minimum atomic E-state index is 1.15. The topological polar surface area (TPSA) is 14.8 Å². The summed E-state index contributed by atoms with van der Waals surface area (Å²) in [5.74, 6) is 0. The first-order valence-corrected chi connectivity index (χ1v) is 16.9. The van der Waals surface area contributed by atoms with Gasteiger partial charge in [-0.15, -0.1) is 0 Å². The highest BCUT2D eigenvalue weighted by Crippen LogP contribution is 2.43. The van der Waals surface area contributed by atoms with Crippen molar-refractivity contribution in [2.24, 2.45) is 0 Å². The van der Waals surface area contributed by atoms with Gasteiger partial charge in [-0.2, -0.15) is 0 Å². The Hall–Kier alpha value is -6.58. The van der Waals surface area contributed by atoms with Gasteiger partial charge >= 0.3 is 0 Å². The van der Waals surface area contributed by atoms with E-state index in [1.807, 2.05) is 0 Å². The maximum absolute atomic E-state index is 2.50. The number of nitrogens with zero attached hydrogens (tertiary/aromatic N) is 3. The molecule has 0 radical (unpaired) electrons. The van der Waals surface area contributed by atoms with Crippen LogP contribution in [0.4, 0.5) is 0 Å². The molecule has 3 aromatic heterocycles. The van der Waals surface area contributed by atoms with Crippen LogP contribution in [0.25, 0.3) is 93.3 Å². The van der Waals surface area contributed by atoms with E-state index in [1.165, 1.54) is 81.9 Å². The third kappa shape index (κ3) is 3.67.